The van der Waals surface area contributed by atoms with Crippen LogP contribution in [0, 0.1) is 0 Å². The standard InChI is InChI=1S/C22H25ClN6O/c1-24-22(26-13-12-25-21(30)17-7-9-20(23)10-8-17)27-15-18-5-2-3-6-19(18)16-29-14-4-11-28-29/h2-11,14H,12-13,15-16H2,1H3,(H,25,30)(H2,24,26,27). The van der Waals surface area contributed by atoms with Crippen molar-refractivity contribution in [2.24, 2.45) is 4.99 Å². The van der Waals surface area contributed by atoms with E-state index in [1.165, 1.54) is 11.1 Å². The fraction of sp³-hybridized carbons (Fsp3) is 0.227. The maximum atomic E-state index is 12.1. The third-order valence-corrected chi connectivity index (χ3v) is 4.74. The summed E-state index contributed by atoms with van der Waals surface area (Å²) < 4.78 is 1.90. The van der Waals surface area contributed by atoms with Gasteiger partial charge in [-0.05, 0) is 41.5 Å². The first-order valence-electron chi connectivity index (χ1n) is 9.68. The van der Waals surface area contributed by atoms with Crippen molar-refractivity contribution in [2.75, 3.05) is 20.1 Å². The van der Waals surface area contributed by atoms with Gasteiger partial charge in [-0.15, -0.1) is 0 Å². The lowest BCUT2D eigenvalue weighted by molar-refractivity contribution is 0.0954. The Morgan fingerprint density at radius 3 is 2.43 bits per heavy atom. The number of hydrogen-bond acceptors (Lipinski definition) is 3. The van der Waals surface area contributed by atoms with E-state index in [0.717, 1.165) is 0 Å². The monoisotopic (exact) mass is 424 g/mol. The molecule has 1 aromatic heterocycles. The van der Waals surface area contributed by atoms with E-state index in [1.807, 2.05) is 29.1 Å². The van der Waals surface area contributed by atoms with E-state index in [0.29, 0.717) is 42.7 Å². The highest BCUT2D eigenvalue weighted by Gasteiger charge is 2.06. The summed E-state index contributed by atoms with van der Waals surface area (Å²) in [5.41, 5.74) is 2.95. The van der Waals surface area contributed by atoms with Crippen LogP contribution in [0.25, 0.3) is 0 Å². The Kier molecular flexibility index (Phi) is 7.86. The molecule has 7 nitrogen and oxygen atoms in total. The molecule has 0 radical (unpaired) electrons. The molecule has 0 unspecified atom stereocenters. The lowest BCUT2D eigenvalue weighted by atomic mass is 10.1. The van der Waals surface area contributed by atoms with Gasteiger partial charge in [0.05, 0.1) is 6.54 Å². The Morgan fingerprint density at radius 2 is 1.73 bits per heavy atom. The van der Waals surface area contributed by atoms with E-state index in [2.05, 4.69) is 38.2 Å². The van der Waals surface area contributed by atoms with Gasteiger partial charge in [0.1, 0.15) is 0 Å². The normalized spacial score (nSPS) is 11.2. The summed E-state index contributed by atoms with van der Waals surface area (Å²) in [7, 11) is 1.72. The van der Waals surface area contributed by atoms with Crippen LogP contribution in [0.4, 0.5) is 0 Å². The van der Waals surface area contributed by atoms with Gasteiger partial charge < -0.3 is 16.0 Å². The van der Waals surface area contributed by atoms with Crippen molar-refractivity contribution in [2.45, 2.75) is 13.1 Å². The summed E-state index contributed by atoms with van der Waals surface area (Å²) in [4.78, 5) is 16.4. The van der Waals surface area contributed by atoms with Crippen LogP contribution in [-0.2, 0) is 13.1 Å². The second-order valence-electron chi connectivity index (χ2n) is 6.59. The van der Waals surface area contributed by atoms with Gasteiger partial charge in [0.25, 0.3) is 5.91 Å². The van der Waals surface area contributed by atoms with Gasteiger partial charge in [-0.1, -0.05) is 35.9 Å². The smallest absolute Gasteiger partial charge is 0.251 e. The van der Waals surface area contributed by atoms with E-state index in [-0.39, 0.29) is 5.91 Å². The van der Waals surface area contributed by atoms with Crippen LogP contribution < -0.4 is 16.0 Å². The van der Waals surface area contributed by atoms with Crippen molar-refractivity contribution in [3.05, 3.63) is 88.7 Å². The second-order valence-corrected chi connectivity index (χ2v) is 7.02. The molecule has 0 spiro atoms. The van der Waals surface area contributed by atoms with Crippen molar-refractivity contribution < 1.29 is 4.79 Å². The maximum absolute atomic E-state index is 12.1. The summed E-state index contributed by atoms with van der Waals surface area (Å²) in [6, 6.07) is 16.9. The lowest BCUT2D eigenvalue weighted by Gasteiger charge is -2.14. The predicted octanol–water partition coefficient (Wildman–Crippen LogP) is 2.68. The highest BCUT2D eigenvalue weighted by molar-refractivity contribution is 6.30. The van der Waals surface area contributed by atoms with Crippen LogP contribution in [0.2, 0.25) is 5.02 Å². The number of guanidine groups is 1. The SMILES string of the molecule is CN=C(NCCNC(=O)c1ccc(Cl)cc1)NCc1ccccc1Cn1cccn1. The first-order chi connectivity index (χ1) is 14.7. The number of carbonyl (C=O) groups excluding carboxylic acids is 1. The Labute approximate surface area is 181 Å². The van der Waals surface area contributed by atoms with Gasteiger partial charge in [-0.25, -0.2) is 0 Å². The van der Waals surface area contributed by atoms with Crippen LogP contribution >= 0.6 is 11.6 Å². The zero-order valence-electron chi connectivity index (χ0n) is 16.8. The fourth-order valence-electron chi connectivity index (χ4n) is 2.91. The van der Waals surface area contributed by atoms with Crippen LogP contribution in [0.5, 0.6) is 0 Å². The molecule has 1 heterocycles. The summed E-state index contributed by atoms with van der Waals surface area (Å²) in [5.74, 6) is 0.536. The number of benzene rings is 2. The van der Waals surface area contributed by atoms with E-state index in [4.69, 9.17) is 11.6 Å². The van der Waals surface area contributed by atoms with Crippen molar-refractivity contribution >= 4 is 23.5 Å². The zero-order valence-corrected chi connectivity index (χ0v) is 17.6. The first kappa shape index (κ1) is 21.4. The van der Waals surface area contributed by atoms with Crippen molar-refractivity contribution in [1.82, 2.24) is 25.7 Å². The van der Waals surface area contributed by atoms with Crippen LogP contribution in [-0.4, -0.2) is 41.8 Å². The first-order valence-corrected chi connectivity index (χ1v) is 10.1. The molecule has 0 fully saturated rings. The average molecular weight is 425 g/mol. The molecule has 0 aliphatic heterocycles. The molecular weight excluding hydrogens is 400 g/mol. The second kappa shape index (κ2) is 11.0. The van der Waals surface area contributed by atoms with Crippen LogP contribution in [0.15, 0.2) is 72.0 Å². The third kappa shape index (κ3) is 6.35. The zero-order chi connectivity index (χ0) is 21.2. The van der Waals surface area contributed by atoms with E-state index >= 15 is 0 Å². The van der Waals surface area contributed by atoms with Gasteiger partial charge in [-0.2, -0.15) is 5.10 Å². The summed E-state index contributed by atoms with van der Waals surface area (Å²) in [6.45, 7) is 2.37. The molecular formula is C22H25ClN6O. The third-order valence-electron chi connectivity index (χ3n) is 4.49. The summed E-state index contributed by atoms with van der Waals surface area (Å²) >= 11 is 5.85. The molecule has 0 aliphatic rings. The quantitative estimate of drug-likeness (QED) is 0.295. The van der Waals surface area contributed by atoms with E-state index < -0.39 is 0 Å². The molecule has 3 rings (SSSR count). The number of hydrogen-bond donors (Lipinski definition) is 3. The minimum absolute atomic E-state index is 0.135. The Morgan fingerprint density at radius 1 is 1.00 bits per heavy atom. The lowest BCUT2D eigenvalue weighted by Crippen LogP contribution is -2.41. The predicted molar refractivity (Wildman–Crippen MR) is 120 cm³/mol. The van der Waals surface area contributed by atoms with Crippen molar-refractivity contribution in [3.63, 3.8) is 0 Å². The van der Waals surface area contributed by atoms with Gasteiger partial charge in [-0.3, -0.25) is 14.5 Å². The highest BCUT2D eigenvalue weighted by Crippen LogP contribution is 2.10. The minimum Gasteiger partial charge on any atom is -0.355 e. The highest BCUT2D eigenvalue weighted by atomic mass is 35.5. The number of aromatic nitrogens is 2. The van der Waals surface area contributed by atoms with Gasteiger partial charge >= 0.3 is 0 Å². The van der Waals surface area contributed by atoms with E-state index in [9.17, 15) is 4.79 Å². The topological polar surface area (TPSA) is 83.3 Å². The molecule has 0 saturated heterocycles. The largest absolute Gasteiger partial charge is 0.355 e. The number of nitrogens with one attached hydrogen (secondary N) is 3. The molecule has 30 heavy (non-hydrogen) atoms. The Hall–Kier alpha value is -3.32. The number of carbonyl (C=O) groups is 1. The molecule has 0 aliphatic carbocycles. The Bertz CT molecular complexity index is 970. The van der Waals surface area contributed by atoms with E-state index in [1.54, 1.807) is 37.5 Å². The average Bonchev–Trinajstić information content (AvgIpc) is 3.27. The molecule has 3 N–H and O–H groups in total. The minimum atomic E-state index is -0.135. The molecule has 0 bridgehead atoms. The van der Waals surface area contributed by atoms with Crippen LogP contribution in [0.1, 0.15) is 21.5 Å². The number of amides is 1. The molecule has 2 aromatic carbocycles. The van der Waals surface area contributed by atoms with Crippen molar-refractivity contribution in [1.29, 1.82) is 0 Å². The van der Waals surface area contributed by atoms with Gasteiger partial charge in [0, 0.05) is 49.7 Å². The fourth-order valence-corrected chi connectivity index (χ4v) is 3.04. The molecule has 156 valence electrons. The maximum Gasteiger partial charge on any atom is 0.251 e. The molecule has 3 aromatic rings. The Balaban J connectivity index is 1.44. The van der Waals surface area contributed by atoms with Crippen molar-refractivity contribution in [3.8, 4) is 0 Å². The van der Waals surface area contributed by atoms with Gasteiger partial charge in [0.15, 0.2) is 5.96 Å². The number of aliphatic imine (C=N–C) groups is 1. The molecule has 0 saturated carbocycles. The number of nitrogens with zero attached hydrogens (tertiary/aromatic N) is 3. The van der Waals surface area contributed by atoms with Crippen LogP contribution in [0.3, 0.4) is 0 Å². The van der Waals surface area contributed by atoms with Gasteiger partial charge in [0.2, 0.25) is 0 Å². The molecule has 1 amide bonds. The summed E-state index contributed by atoms with van der Waals surface area (Å²) in [5, 5.41) is 14.3. The number of halogens is 1. The number of rotatable bonds is 8. The molecule has 0 atom stereocenters. The summed E-state index contributed by atoms with van der Waals surface area (Å²) in [6.07, 6.45) is 3.72. The molecule has 8 heteroatoms.